The molecule has 1 aromatic rings. The molecule has 0 radical (unpaired) electrons. The van der Waals surface area contributed by atoms with Crippen molar-refractivity contribution in [1.29, 1.82) is 0 Å². The average molecular weight is 310 g/mol. The first-order valence-electron chi connectivity index (χ1n) is 6.96. The number of carbonyl (C=O) groups is 1. The number of rotatable bonds is 5. The number of hydrogen-bond acceptors (Lipinski definition) is 7. The zero-order valence-corrected chi connectivity index (χ0v) is 13.5. The third-order valence-corrected chi connectivity index (χ3v) is 2.06. The minimum absolute atomic E-state index is 0.0966. The molecule has 9 nitrogen and oxygen atoms in total. The van der Waals surface area contributed by atoms with Crippen LogP contribution in [-0.2, 0) is 14.5 Å². The predicted octanol–water partition coefficient (Wildman–Crippen LogP) is 0.987. The van der Waals surface area contributed by atoms with Gasteiger partial charge in [0.05, 0.1) is 0 Å². The van der Waals surface area contributed by atoms with E-state index >= 15 is 0 Å². The first-order valence-corrected chi connectivity index (χ1v) is 6.96. The molecule has 0 atom stereocenters. The molecule has 0 aliphatic heterocycles. The summed E-state index contributed by atoms with van der Waals surface area (Å²) in [6, 6.07) is 0. The Morgan fingerprint density at radius 1 is 1.32 bits per heavy atom. The van der Waals surface area contributed by atoms with E-state index in [1.54, 1.807) is 0 Å². The van der Waals surface area contributed by atoms with Crippen molar-refractivity contribution < 1.29 is 14.5 Å². The molecule has 0 bridgehead atoms. The molecule has 0 saturated heterocycles. The number of hydrogen-bond donors (Lipinski definition) is 1. The molecule has 0 fully saturated rings. The van der Waals surface area contributed by atoms with E-state index in [2.05, 4.69) is 25.7 Å². The van der Waals surface area contributed by atoms with Crippen molar-refractivity contribution in [3.05, 3.63) is 12.7 Å². The molecular weight excluding hydrogens is 288 g/mol. The van der Waals surface area contributed by atoms with Gasteiger partial charge in [0.25, 0.3) is 0 Å². The lowest BCUT2D eigenvalue weighted by atomic mass is 10.2. The van der Waals surface area contributed by atoms with Gasteiger partial charge in [-0.3, -0.25) is 4.79 Å². The van der Waals surface area contributed by atoms with Gasteiger partial charge in [0.1, 0.15) is 25.4 Å². The first-order chi connectivity index (χ1) is 10.4. The van der Waals surface area contributed by atoms with E-state index in [-0.39, 0.29) is 23.7 Å². The molecule has 0 aliphatic rings. The predicted molar refractivity (Wildman–Crippen MR) is 81.1 cm³/mol. The molecule has 1 N–H and O–H groups in total. The number of amidine groups is 1. The lowest BCUT2D eigenvalue weighted by Gasteiger charge is -2.11. The summed E-state index contributed by atoms with van der Waals surface area (Å²) in [7, 11) is 0. The molecule has 0 spiro atoms. The Morgan fingerprint density at radius 2 is 2.05 bits per heavy atom. The monoisotopic (exact) mass is 310 g/mol. The Bertz CT molecular complexity index is 522. The Balaban J connectivity index is 3.07. The van der Waals surface area contributed by atoms with Crippen molar-refractivity contribution in [2.45, 2.75) is 40.7 Å². The number of nitrogens with zero attached hydrogens (tertiary/aromatic N) is 5. The first kappa shape index (κ1) is 17.6. The third-order valence-electron chi connectivity index (χ3n) is 2.06. The molecule has 122 valence electrons. The van der Waals surface area contributed by atoms with E-state index in [0.717, 1.165) is 0 Å². The highest BCUT2D eigenvalue weighted by molar-refractivity contribution is 6.42. The maximum Gasteiger partial charge on any atom is 0.240 e. The Hall–Kier alpha value is -2.45. The van der Waals surface area contributed by atoms with Crippen molar-refractivity contribution in [2.24, 2.45) is 16.2 Å². The molecule has 9 heteroatoms. The molecule has 0 unspecified atom stereocenters. The van der Waals surface area contributed by atoms with E-state index in [1.807, 2.05) is 27.7 Å². The number of aromatic nitrogens is 3. The minimum Gasteiger partial charge on any atom is -0.394 e. The van der Waals surface area contributed by atoms with Crippen molar-refractivity contribution in [3.8, 4) is 0 Å². The molecule has 0 aromatic carbocycles. The van der Waals surface area contributed by atoms with Gasteiger partial charge >= 0.3 is 0 Å². The lowest BCUT2D eigenvalue weighted by molar-refractivity contribution is -0.117. The standard InChI is InChI=1S/C13H22N6O3/c1-9(2)6-21-17-12(16-11(5)20)13(18-22-10(3)4)19-8-14-7-15-19/h7-10H,6H2,1-5H3,(H,16,17,20). The van der Waals surface area contributed by atoms with Gasteiger partial charge in [0.15, 0.2) is 0 Å². The summed E-state index contributed by atoms with van der Waals surface area (Å²) in [6.45, 7) is 9.39. The van der Waals surface area contributed by atoms with Crippen molar-refractivity contribution in [3.63, 3.8) is 0 Å². The zero-order valence-electron chi connectivity index (χ0n) is 13.5. The largest absolute Gasteiger partial charge is 0.394 e. The minimum atomic E-state index is -0.316. The molecule has 22 heavy (non-hydrogen) atoms. The van der Waals surface area contributed by atoms with Crippen molar-refractivity contribution in [1.82, 2.24) is 20.1 Å². The fraction of sp³-hybridized carbons (Fsp3) is 0.615. The topological polar surface area (TPSA) is 103 Å². The SMILES string of the molecule is CC(=O)NC(=NOCC(C)C)C(=NOC(C)C)n1cncn1. The summed E-state index contributed by atoms with van der Waals surface area (Å²) in [5.74, 6) is 0.245. The van der Waals surface area contributed by atoms with Crippen LogP contribution in [0.3, 0.4) is 0 Å². The van der Waals surface area contributed by atoms with Gasteiger partial charge in [-0.25, -0.2) is 4.98 Å². The Labute approximate surface area is 129 Å². The van der Waals surface area contributed by atoms with Crippen molar-refractivity contribution in [2.75, 3.05) is 6.61 Å². The van der Waals surface area contributed by atoms with Crippen LogP contribution in [0, 0.1) is 5.92 Å². The van der Waals surface area contributed by atoms with Crippen LogP contribution < -0.4 is 5.32 Å². The van der Waals surface area contributed by atoms with Crippen molar-refractivity contribution >= 4 is 17.6 Å². The van der Waals surface area contributed by atoms with Gasteiger partial charge in [-0.1, -0.05) is 24.2 Å². The normalized spacial score (nSPS) is 12.7. The third kappa shape index (κ3) is 6.33. The fourth-order valence-corrected chi connectivity index (χ4v) is 1.20. The molecule has 0 saturated carbocycles. The van der Waals surface area contributed by atoms with Crippen LogP contribution in [0.2, 0.25) is 0 Å². The summed E-state index contributed by atoms with van der Waals surface area (Å²) in [4.78, 5) is 25.7. The zero-order chi connectivity index (χ0) is 16.5. The number of carbonyl (C=O) groups excluding carboxylic acids is 1. The molecule has 1 amide bonds. The smallest absolute Gasteiger partial charge is 0.240 e. The Kier molecular flexibility index (Phi) is 7.00. The quantitative estimate of drug-likeness (QED) is 0.496. The summed E-state index contributed by atoms with van der Waals surface area (Å²) < 4.78 is 1.33. The van der Waals surface area contributed by atoms with E-state index in [4.69, 9.17) is 9.68 Å². The highest BCUT2D eigenvalue weighted by Crippen LogP contribution is 1.97. The second-order valence-electron chi connectivity index (χ2n) is 5.22. The summed E-state index contributed by atoms with van der Waals surface area (Å²) in [5, 5.41) is 14.4. The van der Waals surface area contributed by atoms with E-state index in [0.29, 0.717) is 12.5 Å². The van der Waals surface area contributed by atoms with Gasteiger partial charge in [0, 0.05) is 6.92 Å². The molecule has 0 aliphatic carbocycles. The van der Waals surface area contributed by atoms with E-state index in [9.17, 15) is 4.79 Å². The highest BCUT2D eigenvalue weighted by atomic mass is 16.6. The van der Waals surface area contributed by atoms with Crippen LogP contribution in [0.25, 0.3) is 0 Å². The maximum atomic E-state index is 11.4. The highest BCUT2D eigenvalue weighted by Gasteiger charge is 2.17. The van der Waals surface area contributed by atoms with Crippen LogP contribution >= 0.6 is 0 Å². The number of amides is 1. The van der Waals surface area contributed by atoms with Gasteiger partial charge in [-0.05, 0) is 19.8 Å². The van der Waals surface area contributed by atoms with Gasteiger partial charge in [-0.15, -0.1) is 0 Å². The van der Waals surface area contributed by atoms with Crippen LogP contribution in [-0.4, -0.2) is 45.1 Å². The van der Waals surface area contributed by atoms with Crippen LogP contribution in [0.4, 0.5) is 0 Å². The second kappa shape index (κ2) is 8.75. The number of oxime groups is 2. The molecule has 1 rings (SSSR count). The van der Waals surface area contributed by atoms with Crippen LogP contribution in [0.1, 0.15) is 34.6 Å². The van der Waals surface area contributed by atoms with Crippen LogP contribution in [0.5, 0.6) is 0 Å². The van der Waals surface area contributed by atoms with Gasteiger partial charge < -0.3 is 15.0 Å². The lowest BCUT2D eigenvalue weighted by Crippen LogP contribution is -2.39. The number of nitrogens with one attached hydrogen (secondary N) is 1. The van der Waals surface area contributed by atoms with E-state index < -0.39 is 0 Å². The molecule has 1 heterocycles. The van der Waals surface area contributed by atoms with E-state index in [1.165, 1.54) is 24.3 Å². The fourth-order valence-electron chi connectivity index (χ4n) is 1.20. The maximum absolute atomic E-state index is 11.4. The van der Waals surface area contributed by atoms with Crippen LogP contribution in [0.15, 0.2) is 23.0 Å². The summed E-state index contributed by atoms with van der Waals surface area (Å²) in [5.41, 5.74) is 0. The second-order valence-corrected chi connectivity index (χ2v) is 5.22. The average Bonchev–Trinajstić information content (AvgIpc) is 2.91. The summed E-state index contributed by atoms with van der Waals surface area (Å²) >= 11 is 0. The molecular formula is C13H22N6O3. The Morgan fingerprint density at radius 3 is 2.55 bits per heavy atom. The summed E-state index contributed by atoms with van der Waals surface area (Å²) in [6.07, 6.45) is 2.61. The van der Waals surface area contributed by atoms with Gasteiger partial charge in [0.2, 0.25) is 17.6 Å². The molecule has 1 aromatic heterocycles. The van der Waals surface area contributed by atoms with Gasteiger partial charge in [-0.2, -0.15) is 9.78 Å².